The summed E-state index contributed by atoms with van der Waals surface area (Å²) in [5.41, 5.74) is 5.29. The lowest BCUT2D eigenvalue weighted by atomic mass is 10.2. The Labute approximate surface area is 188 Å². The van der Waals surface area contributed by atoms with Gasteiger partial charge in [-0.25, -0.2) is 0 Å². The standard InChI is InChI=1S/C20H25BrN4O4S/c1-28-16-5-3-14(11-17(16)29-2)20(27)23-22-19(26)13-25-9-7-24(8-10-25)12-15-4-6-18(21)30-15/h3-6,11H,7-10,12-13H2,1-2H3,(H,22,26)(H,23,27). The number of amides is 2. The summed E-state index contributed by atoms with van der Waals surface area (Å²) in [6.45, 7) is 4.59. The van der Waals surface area contributed by atoms with Crippen LogP contribution in [0.3, 0.4) is 0 Å². The highest BCUT2D eigenvalue weighted by molar-refractivity contribution is 9.11. The van der Waals surface area contributed by atoms with E-state index in [-0.39, 0.29) is 12.5 Å². The van der Waals surface area contributed by atoms with Crippen molar-refractivity contribution in [3.05, 3.63) is 44.6 Å². The molecule has 1 aromatic carbocycles. The molecule has 0 unspecified atom stereocenters. The second kappa shape index (κ2) is 10.8. The quantitative estimate of drug-likeness (QED) is 0.571. The molecule has 1 saturated heterocycles. The van der Waals surface area contributed by atoms with Gasteiger partial charge in [-0.15, -0.1) is 11.3 Å². The Bertz CT molecular complexity index is 883. The Morgan fingerprint density at radius 2 is 1.70 bits per heavy atom. The molecule has 2 N–H and O–H groups in total. The van der Waals surface area contributed by atoms with Crippen LogP contribution in [0.25, 0.3) is 0 Å². The summed E-state index contributed by atoms with van der Waals surface area (Å²) in [7, 11) is 3.03. The first-order valence-corrected chi connectivity index (χ1v) is 11.1. The lowest BCUT2D eigenvalue weighted by Crippen LogP contribution is -2.51. The number of hydrogen-bond acceptors (Lipinski definition) is 7. The van der Waals surface area contributed by atoms with E-state index in [1.165, 1.54) is 19.1 Å². The number of hydrogen-bond donors (Lipinski definition) is 2. The first kappa shape index (κ1) is 22.5. The molecule has 0 atom stereocenters. The normalized spacial score (nSPS) is 14.9. The van der Waals surface area contributed by atoms with Crippen LogP contribution in [-0.2, 0) is 11.3 Å². The van der Waals surface area contributed by atoms with Gasteiger partial charge in [0.15, 0.2) is 11.5 Å². The van der Waals surface area contributed by atoms with Crippen LogP contribution in [0.15, 0.2) is 34.1 Å². The molecule has 1 aliphatic rings. The highest BCUT2D eigenvalue weighted by Crippen LogP contribution is 2.27. The van der Waals surface area contributed by atoms with Crippen molar-refractivity contribution in [2.75, 3.05) is 46.9 Å². The smallest absolute Gasteiger partial charge is 0.269 e. The number of halogens is 1. The third-order valence-corrected chi connectivity index (χ3v) is 6.41. The molecule has 0 radical (unpaired) electrons. The Kier molecular flexibility index (Phi) is 8.08. The van der Waals surface area contributed by atoms with Gasteiger partial charge in [-0.1, -0.05) is 0 Å². The maximum Gasteiger partial charge on any atom is 0.269 e. The number of methoxy groups -OCH3 is 2. The lowest BCUT2D eigenvalue weighted by Gasteiger charge is -2.33. The number of piperazine rings is 1. The second-order valence-electron chi connectivity index (χ2n) is 6.83. The maximum atomic E-state index is 12.3. The van der Waals surface area contributed by atoms with Gasteiger partial charge in [0.05, 0.1) is 24.6 Å². The van der Waals surface area contributed by atoms with Gasteiger partial charge in [-0.2, -0.15) is 0 Å². The van der Waals surface area contributed by atoms with Crippen LogP contribution in [0.4, 0.5) is 0 Å². The van der Waals surface area contributed by atoms with Crippen LogP contribution >= 0.6 is 27.3 Å². The number of benzene rings is 1. The average molecular weight is 497 g/mol. The molecule has 162 valence electrons. The first-order valence-electron chi connectivity index (χ1n) is 9.48. The fourth-order valence-corrected chi connectivity index (χ4v) is 4.71. The van der Waals surface area contributed by atoms with Gasteiger partial charge in [0.1, 0.15) is 0 Å². The highest BCUT2D eigenvalue weighted by Gasteiger charge is 2.20. The molecule has 0 bridgehead atoms. The fraction of sp³-hybridized carbons (Fsp3) is 0.400. The monoisotopic (exact) mass is 496 g/mol. The molecule has 1 fully saturated rings. The zero-order valence-corrected chi connectivity index (χ0v) is 19.3. The number of thiophene rings is 1. The van der Waals surface area contributed by atoms with Crippen LogP contribution in [0.1, 0.15) is 15.2 Å². The van der Waals surface area contributed by atoms with Crippen molar-refractivity contribution in [3.8, 4) is 11.5 Å². The predicted molar refractivity (Wildman–Crippen MR) is 119 cm³/mol. The minimum atomic E-state index is -0.420. The van der Waals surface area contributed by atoms with Crippen molar-refractivity contribution in [1.82, 2.24) is 20.7 Å². The zero-order chi connectivity index (χ0) is 21.5. The lowest BCUT2D eigenvalue weighted by molar-refractivity contribution is -0.123. The molecule has 0 saturated carbocycles. The Balaban J connectivity index is 1.40. The van der Waals surface area contributed by atoms with E-state index in [2.05, 4.69) is 48.7 Å². The van der Waals surface area contributed by atoms with Gasteiger partial charge in [0.25, 0.3) is 11.8 Å². The topological polar surface area (TPSA) is 83.1 Å². The minimum Gasteiger partial charge on any atom is -0.493 e. The van der Waals surface area contributed by atoms with E-state index in [4.69, 9.17) is 9.47 Å². The van der Waals surface area contributed by atoms with Crippen molar-refractivity contribution < 1.29 is 19.1 Å². The molecule has 2 heterocycles. The summed E-state index contributed by atoms with van der Waals surface area (Å²) in [4.78, 5) is 30.3. The number of ether oxygens (including phenoxy) is 2. The molecule has 1 aliphatic heterocycles. The van der Waals surface area contributed by atoms with Crippen molar-refractivity contribution in [2.24, 2.45) is 0 Å². The van der Waals surface area contributed by atoms with Gasteiger partial charge < -0.3 is 9.47 Å². The van der Waals surface area contributed by atoms with Crippen molar-refractivity contribution in [3.63, 3.8) is 0 Å². The molecule has 10 heteroatoms. The summed E-state index contributed by atoms with van der Waals surface area (Å²) in [5.74, 6) is 0.309. The first-order chi connectivity index (χ1) is 14.5. The molecule has 0 aliphatic carbocycles. The molecule has 2 amide bonds. The van der Waals surface area contributed by atoms with E-state index in [1.54, 1.807) is 29.5 Å². The van der Waals surface area contributed by atoms with E-state index < -0.39 is 5.91 Å². The Hall–Kier alpha value is -2.14. The zero-order valence-electron chi connectivity index (χ0n) is 16.9. The number of hydrazine groups is 1. The van der Waals surface area contributed by atoms with E-state index >= 15 is 0 Å². The van der Waals surface area contributed by atoms with E-state index in [1.807, 2.05) is 0 Å². The Morgan fingerprint density at radius 1 is 1.00 bits per heavy atom. The number of nitrogens with zero attached hydrogens (tertiary/aromatic N) is 2. The molecule has 0 spiro atoms. The van der Waals surface area contributed by atoms with Gasteiger partial charge >= 0.3 is 0 Å². The van der Waals surface area contributed by atoms with Crippen LogP contribution in [0.5, 0.6) is 11.5 Å². The van der Waals surface area contributed by atoms with Crippen molar-refractivity contribution in [1.29, 1.82) is 0 Å². The summed E-state index contributed by atoms with van der Waals surface area (Å²) >= 11 is 5.24. The van der Waals surface area contributed by atoms with E-state index in [0.717, 1.165) is 36.5 Å². The average Bonchev–Trinajstić information content (AvgIpc) is 3.17. The third kappa shape index (κ3) is 6.18. The molecule has 8 nitrogen and oxygen atoms in total. The highest BCUT2D eigenvalue weighted by atomic mass is 79.9. The SMILES string of the molecule is COc1ccc(C(=O)NNC(=O)CN2CCN(Cc3ccc(Br)s3)CC2)cc1OC. The number of nitrogens with one attached hydrogen (secondary N) is 2. The largest absolute Gasteiger partial charge is 0.493 e. The van der Waals surface area contributed by atoms with Gasteiger partial charge in [-0.05, 0) is 46.3 Å². The predicted octanol–water partition coefficient (Wildman–Crippen LogP) is 2.11. The Morgan fingerprint density at radius 3 is 2.33 bits per heavy atom. The minimum absolute atomic E-state index is 0.241. The molecule has 3 rings (SSSR count). The summed E-state index contributed by atoms with van der Waals surface area (Å²) in [5, 5.41) is 0. The second-order valence-corrected chi connectivity index (χ2v) is 9.38. The summed E-state index contributed by atoms with van der Waals surface area (Å²) < 4.78 is 11.5. The van der Waals surface area contributed by atoms with Gasteiger partial charge in [-0.3, -0.25) is 30.2 Å². The van der Waals surface area contributed by atoms with Crippen LogP contribution in [0, 0.1) is 0 Å². The molecular formula is C20H25BrN4O4S. The van der Waals surface area contributed by atoms with Crippen LogP contribution < -0.4 is 20.3 Å². The van der Waals surface area contributed by atoms with Crippen molar-refractivity contribution in [2.45, 2.75) is 6.54 Å². The summed E-state index contributed by atoms with van der Waals surface area (Å²) in [6.07, 6.45) is 0. The molecule has 1 aromatic heterocycles. The van der Waals surface area contributed by atoms with Gasteiger partial charge in [0, 0.05) is 43.2 Å². The van der Waals surface area contributed by atoms with E-state index in [0.29, 0.717) is 17.1 Å². The number of carbonyl (C=O) groups excluding carboxylic acids is 2. The number of carbonyl (C=O) groups is 2. The van der Waals surface area contributed by atoms with Gasteiger partial charge in [0.2, 0.25) is 0 Å². The van der Waals surface area contributed by atoms with E-state index in [9.17, 15) is 9.59 Å². The fourth-order valence-electron chi connectivity index (χ4n) is 3.18. The van der Waals surface area contributed by atoms with Crippen LogP contribution in [0.2, 0.25) is 0 Å². The van der Waals surface area contributed by atoms with Crippen molar-refractivity contribution >= 4 is 39.1 Å². The number of rotatable bonds is 7. The summed E-state index contributed by atoms with van der Waals surface area (Å²) in [6, 6.07) is 9.01. The van der Waals surface area contributed by atoms with Crippen LogP contribution in [-0.4, -0.2) is 68.6 Å². The molecular weight excluding hydrogens is 472 g/mol. The molecule has 30 heavy (non-hydrogen) atoms. The third-order valence-electron chi connectivity index (χ3n) is 4.80. The maximum absolute atomic E-state index is 12.3. The molecule has 2 aromatic rings.